The topological polar surface area (TPSA) is 39.1 Å². The van der Waals surface area contributed by atoms with Crippen molar-refractivity contribution in [3.8, 4) is 11.5 Å². The van der Waals surface area contributed by atoms with Gasteiger partial charge in [0.25, 0.3) is 0 Å². The average molecular weight is 352 g/mol. The molecule has 1 aromatic heterocycles. The van der Waals surface area contributed by atoms with Gasteiger partial charge in [0.15, 0.2) is 5.75 Å². The summed E-state index contributed by atoms with van der Waals surface area (Å²) in [5.74, 6) is 1.63. The summed E-state index contributed by atoms with van der Waals surface area (Å²) in [4.78, 5) is 0. The van der Waals surface area contributed by atoms with E-state index in [2.05, 4.69) is 53.2 Å². The van der Waals surface area contributed by atoms with Gasteiger partial charge in [0.2, 0.25) is 0 Å². The van der Waals surface area contributed by atoms with Gasteiger partial charge in [0, 0.05) is 22.6 Å². The molecule has 1 heterocycles. The van der Waals surface area contributed by atoms with Crippen molar-refractivity contribution in [2.45, 2.75) is 39.8 Å². The Morgan fingerprint density at radius 3 is 2.86 bits per heavy atom. The van der Waals surface area contributed by atoms with Crippen molar-refractivity contribution >= 4 is 15.9 Å². The summed E-state index contributed by atoms with van der Waals surface area (Å²) in [5.41, 5.74) is 1.13. The lowest BCUT2D eigenvalue weighted by atomic mass is 10.2. The first-order valence-corrected chi connectivity index (χ1v) is 8.10. The molecule has 0 aliphatic heterocycles. The molecule has 4 nitrogen and oxygen atoms in total. The molecule has 0 saturated heterocycles. The van der Waals surface area contributed by atoms with Crippen LogP contribution in [0.2, 0.25) is 0 Å². The Labute approximate surface area is 134 Å². The van der Waals surface area contributed by atoms with Gasteiger partial charge in [-0.05, 0) is 45.0 Å². The van der Waals surface area contributed by atoms with Crippen molar-refractivity contribution < 1.29 is 4.74 Å². The number of nitrogens with one attached hydrogen (secondary N) is 1. The molecule has 21 heavy (non-hydrogen) atoms. The van der Waals surface area contributed by atoms with E-state index in [0.29, 0.717) is 6.04 Å². The molecule has 0 aliphatic carbocycles. The molecule has 0 aliphatic rings. The van der Waals surface area contributed by atoms with Crippen molar-refractivity contribution in [3.63, 3.8) is 0 Å². The van der Waals surface area contributed by atoms with E-state index in [0.717, 1.165) is 41.0 Å². The third-order valence-corrected chi connectivity index (χ3v) is 3.59. The summed E-state index contributed by atoms with van der Waals surface area (Å²) in [5, 5.41) is 7.71. The highest BCUT2D eigenvalue weighted by atomic mass is 79.9. The molecule has 114 valence electrons. The van der Waals surface area contributed by atoms with Gasteiger partial charge in [-0.15, -0.1) is 0 Å². The average Bonchev–Trinajstić information content (AvgIpc) is 2.91. The fourth-order valence-electron chi connectivity index (χ4n) is 1.97. The Morgan fingerprint density at radius 1 is 1.38 bits per heavy atom. The number of nitrogens with zero attached hydrogens (tertiary/aromatic N) is 2. The van der Waals surface area contributed by atoms with Gasteiger partial charge in [0.1, 0.15) is 5.75 Å². The zero-order valence-corrected chi connectivity index (χ0v) is 14.4. The van der Waals surface area contributed by atoms with Crippen molar-refractivity contribution in [2.75, 3.05) is 6.54 Å². The summed E-state index contributed by atoms with van der Waals surface area (Å²) in [7, 11) is 0. The van der Waals surface area contributed by atoms with Gasteiger partial charge in [-0.1, -0.05) is 22.9 Å². The van der Waals surface area contributed by atoms with Crippen molar-refractivity contribution in [1.29, 1.82) is 0 Å². The lowest BCUT2D eigenvalue weighted by molar-refractivity contribution is 0.468. The van der Waals surface area contributed by atoms with Gasteiger partial charge in [0.05, 0.1) is 12.4 Å². The van der Waals surface area contributed by atoms with E-state index in [1.165, 1.54) is 0 Å². The van der Waals surface area contributed by atoms with Crippen LogP contribution in [-0.4, -0.2) is 16.3 Å². The molecule has 0 atom stereocenters. The SMILES string of the molecule is CCCNCc1cc(Br)ccc1Oc1cnn(C(C)C)c1. The van der Waals surface area contributed by atoms with Crippen LogP contribution in [0, 0.1) is 0 Å². The lowest BCUT2D eigenvalue weighted by Gasteiger charge is -2.11. The molecule has 0 radical (unpaired) electrons. The van der Waals surface area contributed by atoms with Crippen LogP contribution in [0.15, 0.2) is 35.1 Å². The van der Waals surface area contributed by atoms with E-state index in [1.54, 1.807) is 6.20 Å². The van der Waals surface area contributed by atoms with Gasteiger partial charge in [-0.25, -0.2) is 0 Å². The molecule has 0 unspecified atom stereocenters. The summed E-state index contributed by atoms with van der Waals surface area (Å²) < 4.78 is 8.93. The monoisotopic (exact) mass is 351 g/mol. The molecule has 0 amide bonds. The van der Waals surface area contributed by atoms with Crippen molar-refractivity contribution in [2.24, 2.45) is 0 Å². The Balaban J connectivity index is 2.13. The number of ether oxygens (including phenoxy) is 1. The van der Waals surface area contributed by atoms with Crippen LogP contribution < -0.4 is 10.1 Å². The molecule has 0 spiro atoms. The third kappa shape index (κ3) is 4.58. The Morgan fingerprint density at radius 2 is 2.19 bits per heavy atom. The van der Waals surface area contributed by atoms with Crippen LogP contribution in [0.3, 0.4) is 0 Å². The maximum absolute atomic E-state index is 5.98. The Bertz CT molecular complexity index is 581. The highest BCUT2D eigenvalue weighted by molar-refractivity contribution is 9.10. The smallest absolute Gasteiger partial charge is 0.165 e. The second kappa shape index (κ2) is 7.61. The lowest BCUT2D eigenvalue weighted by Crippen LogP contribution is -2.14. The standard InChI is InChI=1S/C16H22BrN3O/c1-4-7-18-9-13-8-14(17)5-6-16(13)21-15-10-19-20(11-15)12(2)3/h5-6,8,10-12,18H,4,7,9H2,1-3H3. The first-order chi connectivity index (χ1) is 10.1. The highest BCUT2D eigenvalue weighted by Crippen LogP contribution is 2.28. The fourth-order valence-corrected chi connectivity index (χ4v) is 2.38. The van der Waals surface area contributed by atoms with Crippen LogP contribution in [0.5, 0.6) is 11.5 Å². The predicted octanol–water partition coefficient (Wildman–Crippen LogP) is 4.52. The fraction of sp³-hybridized carbons (Fsp3) is 0.438. The molecule has 2 aromatic rings. The van der Waals surface area contributed by atoms with E-state index in [9.17, 15) is 0 Å². The van der Waals surface area contributed by atoms with E-state index in [1.807, 2.05) is 23.0 Å². The zero-order valence-electron chi connectivity index (χ0n) is 12.8. The summed E-state index contributed by atoms with van der Waals surface area (Å²) in [6.07, 6.45) is 4.80. The zero-order chi connectivity index (χ0) is 15.2. The van der Waals surface area contributed by atoms with Gasteiger partial charge in [-0.2, -0.15) is 5.10 Å². The molecule has 5 heteroatoms. The Kier molecular flexibility index (Phi) is 5.82. The number of hydrogen-bond acceptors (Lipinski definition) is 3. The number of rotatable bonds is 7. The maximum atomic E-state index is 5.98. The van der Waals surface area contributed by atoms with E-state index < -0.39 is 0 Å². The van der Waals surface area contributed by atoms with Gasteiger partial charge >= 0.3 is 0 Å². The first-order valence-electron chi connectivity index (χ1n) is 7.31. The molecular weight excluding hydrogens is 330 g/mol. The van der Waals surface area contributed by atoms with Crippen LogP contribution in [0.25, 0.3) is 0 Å². The van der Waals surface area contributed by atoms with Gasteiger partial charge < -0.3 is 10.1 Å². The maximum Gasteiger partial charge on any atom is 0.165 e. The van der Waals surface area contributed by atoms with E-state index in [4.69, 9.17) is 4.74 Å². The van der Waals surface area contributed by atoms with Crippen molar-refractivity contribution in [1.82, 2.24) is 15.1 Å². The summed E-state index contributed by atoms with van der Waals surface area (Å²) in [6.45, 7) is 8.14. The second-order valence-corrected chi connectivity index (χ2v) is 6.20. The van der Waals surface area contributed by atoms with Crippen molar-refractivity contribution in [3.05, 3.63) is 40.6 Å². The molecule has 0 bridgehead atoms. The normalized spacial score (nSPS) is 11.1. The number of benzene rings is 1. The molecular formula is C16H22BrN3O. The number of hydrogen-bond donors (Lipinski definition) is 1. The third-order valence-electron chi connectivity index (χ3n) is 3.10. The minimum atomic E-state index is 0.331. The second-order valence-electron chi connectivity index (χ2n) is 5.28. The largest absolute Gasteiger partial charge is 0.454 e. The molecule has 0 saturated carbocycles. The summed E-state index contributed by atoms with van der Waals surface area (Å²) >= 11 is 3.51. The highest BCUT2D eigenvalue weighted by Gasteiger charge is 2.08. The first kappa shape index (κ1) is 16.0. The van der Waals surface area contributed by atoms with Gasteiger partial charge in [-0.3, -0.25) is 4.68 Å². The van der Waals surface area contributed by atoms with Crippen LogP contribution in [0.4, 0.5) is 0 Å². The molecule has 2 rings (SSSR count). The quantitative estimate of drug-likeness (QED) is 0.745. The number of aromatic nitrogens is 2. The Hall–Kier alpha value is -1.33. The van der Waals surface area contributed by atoms with Crippen LogP contribution in [-0.2, 0) is 6.54 Å². The molecule has 1 aromatic carbocycles. The number of halogens is 1. The molecule has 0 fully saturated rings. The molecule has 1 N–H and O–H groups in total. The summed E-state index contributed by atoms with van der Waals surface area (Å²) in [6, 6.07) is 6.40. The van der Waals surface area contributed by atoms with E-state index >= 15 is 0 Å². The predicted molar refractivity (Wildman–Crippen MR) is 88.8 cm³/mol. The van der Waals surface area contributed by atoms with E-state index in [-0.39, 0.29) is 0 Å². The van der Waals surface area contributed by atoms with Crippen LogP contribution >= 0.6 is 15.9 Å². The van der Waals surface area contributed by atoms with Crippen LogP contribution in [0.1, 0.15) is 38.8 Å². The minimum absolute atomic E-state index is 0.331. The minimum Gasteiger partial charge on any atom is -0.454 e.